The topological polar surface area (TPSA) is 72.8 Å². The quantitative estimate of drug-likeness (QED) is 0.423. The van der Waals surface area contributed by atoms with E-state index in [1.54, 1.807) is 13.0 Å². The van der Waals surface area contributed by atoms with E-state index in [4.69, 9.17) is 9.84 Å². The standard InChI is InChI=1S/C12H12O3.C5H6O2/c13-6-10-9-5-7-3-1-2-4-8(7)11(9)15-12(10)14;1-4-2-3-7-5(4)6/h3-4,6,9,11,13H,1-2,5H2;2H,3H2,1H3/b10-6+;/t9-,11-;/m1./s1. The van der Waals surface area contributed by atoms with Crippen molar-refractivity contribution in [1.29, 1.82) is 0 Å². The average molecular weight is 302 g/mol. The number of esters is 2. The molecule has 116 valence electrons. The Morgan fingerprint density at radius 3 is 2.55 bits per heavy atom. The predicted molar refractivity (Wildman–Crippen MR) is 78.8 cm³/mol. The number of carbonyl (C=O) groups is 2. The molecule has 4 aliphatic rings. The summed E-state index contributed by atoms with van der Waals surface area (Å²) in [7, 11) is 0. The zero-order valence-electron chi connectivity index (χ0n) is 12.4. The Morgan fingerprint density at radius 1 is 1.18 bits per heavy atom. The highest BCUT2D eigenvalue weighted by Crippen LogP contribution is 2.47. The maximum atomic E-state index is 11.4. The van der Waals surface area contributed by atoms with Gasteiger partial charge in [-0.3, -0.25) is 0 Å². The molecule has 5 nitrogen and oxygen atoms in total. The van der Waals surface area contributed by atoms with Crippen LogP contribution >= 0.6 is 0 Å². The fraction of sp³-hybridized carbons (Fsp3) is 0.412. The lowest BCUT2D eigenvalue weighted by Crippen LogP contribution is -2.11. The molecule has 2 atom stereocenters. The van der Waals surface area contributed by atoms with E-state index in [0.29, 0.717) is 12.2 Å². The van der Waals surface area contributed by atoms with Crippen LogP contribution in [0.2, 0.25) is 0 Å². The van der Waals surface area contributed by atoms with Crippen LogP contribution < -0.4 is 0 Å². The van der Waals surface area contributed by atoms with Crippen molar-refractivity contribution in [2.45, 2.75) is 32.3 Å². The molecule has 0 radical (unpaired) electrons. The molecule has 2 aliphatic carbocycles. The Kier molecular flexibility index (Phi) is 3.88. The second kappa shape index (κ2) is 5.83. The molecule has 0 unspecified atom stereocenters. The number of hydrogen-bond acceptors (Lipinski definition) is 5. The molecule has 0 aromatic rings. The molecule has 22 heavy (non-hydrogen) atoms. The molecule has 2 heterocycles. The summed E-state index contributed by atoms with van der Waals surface area (Å²) in [5, 5.41) is 9.02. The normalized spacial score (nSPS) is 30.4. The van der Waals surface area contributed by atoms with Crippen molar-refractivity contribution >= 4 is 11.9 Å². The van der Waals surface area contributed by atoms with Crippen LogP contribution in [0.25, 0.3) is 0 Å². The molecule has 1 N–H and O–H groups in total. The minimum Gasteiger partial charge on any atom is -0.515 e. The first-order valence-corrected chi connectivity index (χ1v) is 7.40. The molecular formula is C17H18O5. The average Bonchev–Trinajstić information content (AvgIpc) is 3.14. The molecule has 0 aromatic heterocycles. The lowest BCUT2D eigenvalue weighted by atomic mass is 9.99. The molecule has 2 aliphatic heterocycles. The number of aliphatic hydroxyl groups excluding tert-OH is 1. The molecule has 4 rings (SSSR count). The van der Waals surface area contributed by atoms with Gasteiger partial charge in [0.25, 0.3) is 0 Å². The van der Waals surface area contributed by atoms with E-state index in [9.17, 15) is 9.59 Å². The SMILES string of the molecule is CC1=CCOC1=O.O=C1O[C@@H]2C3=CCCC=C3C[C@@H]2/C1=C\O. The Hall–Kier alpha value is -2.30. The van der Waals surface area contributed by atoms with Crippen molar-refractivity contribution in [3.8, 4) is 0 Å². The Labute approximate surface area is 128 Å². The van der Waals surface area contributed by atoms with Gasteiger partial charge in [-0.15, -0.1) is 0 Å². The zero-order valence-corrected chi connectivity index (χ0v) is 12.4. The van der Waals surface area contributed by atoms with Gasteiger partial charge < -0.3 is 14.6 Å². The first-order chi connectivity index (χ1) is 10.6. The maximum Gasteiger partial charge on any atom is 0.338 e. The number of allylic oxidation sites excluding steroid dienone is 2. The lowest BCUT2D eigenvalue weighted by molar-refractivity contribution is -0.138. The summed E-state index contributed by atoms with van der Waals surface area (Å²) in [5.41, 5.74) is 3.61. The molecule has 0 bridgehead atoms. The zero-order chi connectivity index (χ0) is 15.7. The van der Waals surface area contributed by atoms with E-state index in [2.05, 4.69) is 16.9 Å². The first kappa shape index (κ1) is 14.6. The summed E-state index contributed by atoms with van der Waals surface area (Å²) in [5.74, 6) is -0.504. The minimum absolute atomic E-state index is 0.0399. The van der Waals surface area contributed by atoms with Gasteiger partial charge >= 0.3 is 11.9 Å². The van der Waals surface area contributed by atoms with Crippen LogP contribution in [0.15, 0.2) is 46.8 Å². The third-order valence-electron chi connectivity index (χ3n) is 4.34. The highest BCUT2D eigenvalue weighted by Gasteiger charge is 2.48. The smallest absolute Gasteiger partial charge is 0.338 e. The Bertz CT molecular complexity index is 635. The summed E-state index contributed by atoms with van der Waals surface area (Å²) in [6.45, 7) is 2.21. The van der Waals surface area contributed by atoms with Crippen LogP contribution in [-0.2, 0) is 19.1 Å². The van der Waals surface area contributed by atoms with Crippen LogP contribution in [0.3, 0.4) is 0 Å². The van der Waals surface area contributed by atoms with Gasteiger partial charge in [0.2, 0.25) is 0 Å². The Morgan fingerprint density at radius 2 is 1.95 bits per heavy atom. The van der Waals surface area contributed by atoms with Gasteiger partial charge in [0.05, 0.1) is 11.8 Å². The van der Waals surface area contributed by atoms with Crippen LogP contribution in [0.1, 0.15) is 26.2 Å². The molecule has 0 spiro atoms. The van der Waals surface area contributed by atoms with E-state index in [1.165, 1.54) is 5.57 Å². The van der Waals surface area contributed by atoms with Crippen LogP contribution in [-0.4, -0.2) is 29.8 Å². The highest BCUT2D eigenvalue weighted by atomic mass is 16.6. The van der Waals surface area contributed by atoms with E-state index in [0.717, 1.165) is 36.7 Å². The van der Waals surface area contributed by atoms with E-state index in [1.807, 2.05) is 0 Å². The predicted octanol–water partition coefficient (Wildman–Crippen LogP) is 2.51. The van der Waals surface area contributed by atoms with Gasteiger partial charge in [-0.25, -0.2) is 9.59 Å². The van der Waals surface area contributed by atoms with Gasteiger partial charge in [-0.1, -0.05) is 12.2 Å². The van der Waals surface area contributed by atoms with Crippen molar-refractivity contribution in [3.05, 3.63) is 46.8 Å². The molecule has 0 aromatic carbocycles. The first-order valence-electron chi connectivity index (χ1n) is 7.40. The largest absolute Gasteiger partial charge is 0.515 e. The lowest BCUT2D eigenvalue weighted by Gasteiger charge is -2.12. The number of carbonyl (C=O) groups excluding carboxylic acids is 2. The van der Waals surface area contributed by atoms with Gasteiger partial charge in [-0.2, -0.15) is 0 Å². The van der Waals surface area contributed by atoms with Crippen molar-refractivity contribution in [1.82, 2.24) is 0 Å². The number of hydrogen-bond donors (Lipinski definition) is 1. The molecular weight excluding hydrogens is 284 g/mol. The van der Waals surface area contributed by atoms with Gasteiger partial charge in [-0.05, 0) is 43.4 Å². The summed E-state index contributed by atoms with van der Waals surface area (Å²) in [6.07, 6.45) is 9.84. The molecule has 5 heteroatoms. The minimum atomic E-state index is -0.363. The maximum absolute atomic E-state index is 11.4. The fourth-order valence-electron chi connectivity index (χ4n) is 3.15. The molecule has 1 saturated carbocycles. The summed E-state index contributed by atoms with van der Waals surface area (Å²) in [6, 6.07) is 0. The number of fused-ring (bicyclic) bond motifs is 3. The number of cyclic esters (lactones) is 1. The van der Waals surface area contributed by atoms with E-state index >= 15 is 0 Å². The van der Waals surface area contributed by atoms with Crippen LogP contribution in [0.4, 0.5) is 0 Å². The molecule has 2 fully saturated rings. The van der Waals surface area contributed by atoms with Crippen molar-refractivity contribution in [3.63, 3.8) is 0 Å². The second-order valence-corrected chi connectivity index (χ2v) is 5.67. The van der Waals surface area contributed by atoms with E-state index in [-0.39, 0.29) is 24.0 Å². The van der Waals surface area contributed by atoms with Crippen molar-refractivity contribution in [2.24, 2.45) is 5.92 Å². The summed E-state index contributed by atoms with van der Waals surface area (Å²) < 4.78 is 9.82. The van der Waals surface area contributed by atoms with Gasteiger partial charge in [0.15, 0.2) is 0 Å². The second-order valence-electron chi connectivity index (χ2n) is 5.67. The molecule has 1 saturated heterocycles. The summed E-state index contributed by atoms with van der Waals surface area (Å²) in [4.78, 5) is 21.7. The molecule has 0 amide bonds. The third-order valence-corrected chi connectivity index (χ3v) is 4.34. The van der Waals surface area contributed by atoms with Crippen LogP contribution in [0.5, 0.6) is 0 Å². The van der Waals surface area contributed by atoms with Crippen LogP contribution in [0, 0.1) is 5.92 Å². The third kappa shape index (κ3) is 2.47. The number of ether oxygens (including phenoxy) is 2. The van der Waals surface area contributed by atoms with E-state index < -0.39 is 0 Å². The van der Waals surface area contributed by atoms with Crippen molar-refractivity contribution < 1.29 is 24.2 Å². The fourth-order valence-corrected chi connectivity index (χ4v) is 3.15. The van der Waals surface area contributed by atoms with Gasteiger partial charge in [0.1, 0.15) is 12.7 Å². The summed E-state index contributed by atoms with van der Waals surface area (Å²) >= 11 is 0. The van der Waals surface area contributed by atoms with Gasteiger partial charge in [0, 0.05) is 11.5 Å². The monoisotopic (exact) mass is 302 g/mol. The Balaban J connectivity index is 0.000000174. The highest BCUT2D eigenvalue weighted by molar-refractivity contribution is 5.92. The number of rotatable bonds is 0. The number of aliphatic hydroxyl groups is 1. The van der Waals surface area contributed by atoms with Crippen molar-refractivity contribution in [2.75, 3.05) is 6.61 Å².